The fraction of sp³-hybridized carbons (Fsp3) is 0.625. The van der Waals surface area contributed by atoms with Crippen molar-refractivity contribution < 1.29 is 13.9 Å². The summed E-state index contributed by atoms with van der Waals surface area (Å²) in [7, 11) is 0. The number of alkyl halides is 1. The number of halogens is 1. The largest absolute Gasteiger partial charge is 0.457 e. The third kappa shape index (κ3) is 3.48. The summed E-state index contributed by atoms with van der Waals surface area (Å²) in [5, 5.41) is 0. The standard InChI is InChI=1S/C24H31FN6O2/c1-14(25)33-19-6-15(9-27-21(19)26)18-8-20(31-10-17-7-16(31)11-32-17)29-22(28-18)30-5-4-24(13-30)12-23(24,2)3/h6,8-9,14,16-17H,4-5,7,10-13H2,1-3H3,(H2,26,27)/t14?,16-,17-,24?/m0/s1. The molecule has 0 radical (unpaired) electrons. The van der Waals surface area contributed by atoms with E-state index in [1.165, 1.54) is 19.8 Å². The van der Waals surface area contributed by atoms with E-state index in [0.717, 1.165) is 55.7 Å². The Kier molecular flexibility index (Phi) is 4.53. The normalized spacial score (nSPS) is 30.3. The molecule has 6 rings (SSSR count). The molecule has 0 amide bonds. The highest BCUT2D eigenvalue weighted by molar-refractivity contribution is 5.68. The molecular formula is C24H31FN6O2. The number of hydrogen-bond acceptors (Lipinski definition) is 8. The van der Waals surface area contributed by atoms with Crippen molar-refractivity contribution in [1.29, 1.82) is 0 Å². The lowest BCUT2D eigenvalue weighted by atomic mass is 9.95. The van der Waals surface area contributed by atoms with Gasteiger partial charge >= 0.3 is 0 Å². The van der Waals surface area contributed by atoms with E-state index in [0.29, 0.717) is 16.9 Å². The molecule has 2 aromatic rings. The van der Waals surface area contributed by atoms with Crippen molar-refractivity contribution in [2.75, 3.05) is 41.8 Å². The van der Waals surface area contributed by atoms with Crippen molar-refractivity contribution in [3.8, 4) is 17.0 Å². The molecule has 4 aliphatic rings. The molecule has 2 bridgehead atoms. The minimum Gasteiger partial charge on any atom is -0.457 e. The molecule has 1 saturated carbocycles. The van der Waals surface area contributed by atoms with Gasteiger partial charge in [-0.25, -0.2) is 14.4 Å². The second-order valence-electron chi connectivity index (χ2n) is 10.7. The van der Waals surface area contributed by atoms with E-state index in [-0.39, 0.29) is 17.7 Å². The van der Waals surface area contributed by atoms with Gasteiger partial charge in [0.2, 0.25) is 12.3 Å². The predicted molar refractivity (Wildman–Crippen MR) is 124 cm³/mol. The highest BCUT2D eigenvalue weighted by atomic mass is 19.1. The number of morpholine rings is 1. The van der Waals surface area contributed by atoms with Gasteiger partial charge in [0.25, 0.3) is 0 Å². The van der Waals surface area contributed by atoms with Crippen molar-refractivity contribution >= 4 is 17.6 Å². The number of hydrogen-bond donors (Lipinski definition) is 1. The van der Waals surface area contributed by atoms with Crippen LogP contribution < -0.4 is 20.3 Å². The first-order valence-corrected chi connectivity index (χ1v) is 11.8. The average Bonchev–Trinajstić information content (AvgIpc) is 3.29. The molecular weight excluding hydrogens is 423 g/mol. The number of anilines is 3. The monoisotopic (exact) mass is 454 g/mol. The van der Waals surface area contributed by atoms with Crippen molar-refractivity contribution in [2.24, 2.45) is 10.8 Å². The summed E-state index contributed by atoms with van der Waals surface area (Å²) in [6, 6.07) is 4.05. The highest BCUT2D eigenvalue weighted by Crippen LogP contribution is 2.67. The minimum absolute atomic E-state index is 0.157. The van der Waals surface area contributed by atoms with Crippen molar-refractivity contribution in [3.05, 3.63) is 18.3 Å². The molecule has 8 nitrogen and oxygen atoms in total. The van der Waals surface area contributed by atoms with E-state index in [4.69, 9.17) is 25.2 Å². The molecule has 2 N–H and O–H groups in total. The Bertz CT molecular complexity index is 1090. The Hall–Kier alpha value is -2.68. The van der Waals surface area contributed by atoms with E-state index < -0.39 is 6.36 Å². The Balaban J connectivity index is 1.38. The smallest absolute Gasteiger partial charge is 0.236 e. The molecule has 0 aromatic carbocycles. The number of ether oxygens (including phenoxy) is 2. The maximum atomic E-state index is 13.5. The second kappa shape index (κ2) is 7.16. The van der Waals surface area contributed by atoms with Gasteiger partial charge in [0.15, 0.2) is 11.6 Å². The first-order chi connectivity index (χ1) is 15.7. The quantitative estimate of drug-likeness (QED) is 0.735. The molecule has 9 heteroatoms. The van der Waals surface area contributed by atoms with Gasteiger partial charge in [0, 0.05) is 44.4 Å². The molecule has 1 aliphatic carbocycles. The van der Waals surface area contributed by atoms with Gasteiger partial charge in [-0.15, -0.1) is 0 Å². The van der Waals surface area contributed by atoms with E-state index in [2.05, 4.69) is 28.6 Å². The van der Waals surface area contributed by atoms with Gasteiger partial charge in [0.05, 0.1) is 24.4 Å². The first kappa shape index (κ1) is 20.9. The second-order valence-corrected chi connectivity index (χ2v) is 10.7. The summed E-state index contributed by atoms with van der Waals surface area (Å²) < 4.78 is 24.5. The van der Waals surface area contributed by atoms with E-state index in [9.17, 15) is 4.39 Å². The van der Waals surface area contributed by atoms with Crippen LogP contribution >= 0.6 is 0 Å². The Morgan fingerprint density at radius 1 is 1.30 bits per heavy atom. The SMILES string of the molecule is CC(F)Oc1cc(-c2cc(N3C[C@@H]4C[C@H]3CO4)nc(N3CCC4(C3)CC4(C)C)n2)cnc1N. The van der Waals surface area contributed by atoms with E-state index >= 15 is 0 Å². The van der Waals surface area contributed by atoms with Crippen molar-refractivity contribution in [3.63, 3.8) is 0 Å². The summed E-state index contributed by atoms with van der Waals surface area (Å²) >= 11 is 0. The van der Waals surface area contributed by atoms with E-state index in [1.807, 2.05) is 6.07 Å². The van der Waals surface area contributed by atoms with Crippen LogP contribution in [-0.4, -0.2) is 59.7 Å². The Labute approximate surface area is 193 Å². The Morgan fingerprint density at radius 3 is 2.76 bits per heavy atom. The minimum atomic E-state index is -1.48. The predicted octanol–water partition coefficient (Wildman–Crippen LogP) is 3.42. The topological polar surface area (TPSA) is 89.6 Å². The zero-order valence-electron chi connectivity index (χ0n) is 19.4. The number of rotatable bonds is 5. The molecule has 2 aromatic heterocycles. The van der Waals surface area contributed by atoms with Crippen LogP contribution in [0.1, 0.15) is 40.0 Å². The van der Waals surface area contributed by atoms with Gasteiger partial charge in [-0.2, -0.15) is 4.98 Å². The molecule has 5 heterocycles. The maximum absolute atomic E-state index is 13.5. The zero-order valence-corrected chi connectivity index (χ0v) is 19.4. The molecule has 33 heavy (non-hydrogen) atoms. The van der Waals surface area contributed by atoms with Crippen LogP contribution in [0.2, 0.25) is 0 Å². The van der Waals surface area contributed by atoms with Crippen molar-refractivity contribution in [1.82, 2.24) is 15.0 Å². The van der Waals surface area contributed by atoms with Crippen LogP contribution in [0.15, 0.2) is 18.3 Å². The molecule has 4 fully saturated rings. The van der Waals surface area contributed by atoms with Gasteiger partial charge < -0.3 is 25.0 Å². The number of nitrogen functional groups attached to an aromatic ring is 1. The summed E-state index contributed by atoms with van der Waals surface area (Å²) in [4.78, 5) is 18.8. The third-order valence-electron chi connectivity index (χ3n) is 8.09. The summed E-state index contributed by atoms with van der Waals surface area (Å²) in [6.07, 6.45) is 3.90. The van der Waals surface area contributed by atoms with Crippen LogP contribution in [0.4, 0.5) is 22.0 Å². The highest BCUT2D eigenvalue weighted by Gasteiger charge is 2.63. The number of nitrogens with zero attached hydrogens (tertiary/aromatic N) is 5. The number of fused-ring (bicyclic) bond motifs is 2. The molecule has 1 spiro atoms. The summed E-state index contributed by atoms with van der Waals surface area (Å²) in [5.41, 5.74) is 8.12. The fourth-order valence-corrected chi connectivity index (χ4v) is 5.94. The lowest BCUT2D eigenvalue weighted by Gasteiger charge is -2.29. The zero-order chi connectivity index (χ0) is 23.0. The van der Waals surface area contributed by atoms with Crippen molar-refractivity contribution in [2.45, 2.75) is 58.5 Å². The molecule has 176 valence electrons. The lowest BCUT2D eigenvalue weighted by Crippen LogP contribution is -2.38. The van der Waals surface area contributed by atoms with Gasteiger partial charge in [-0.05, 0) is 36.2 Å². The van der Waals surface area contributed by atoms with Crippen LogP contribution in [0.3, 0.4) is 0 Å². The summed E-state index contributed by atoms with van der Waals surface area (Å²) in [5.74, 6) is 2.02. The van der Waals surface area contributed by atoms with Gasteiger partial charge in [0.1, 0.15) is 5.82 Å². The molecule has 3 aliphatic heterocycles. The fourth-order valence-electron chi connectivity index (χ4n) is 5.94. The van der Waals surface area contributed by atoms with Gasteiger partial charge in [-0.3, -0.25) is 0 Å². The molecule has 3 saturated heterocycles. The third-order valence-corrected chi connectivity index (χ3v) is 8.09. The van der Waals surface area contributed by atoms with Gasteiger partial charge in [-0.1, -0.05) is 13.8 Å². The number of pyridine rings is 1. The number of aromatic nitrogens is 3. The first-order valence-electron chi connectivity index (χ1n) is 11.8. The average molecular weight is 455 g/mol. The Morgan fingerprint density at radius 2 is 2.12 bits per heavy atom. The molecule has 4 atom stereocenters. The van der Waals surface area contributed by atoms with E-state index in [1.54, 1.807) is 12.3 Å². The van der Waals surface area contributed by atoms with Crippen LogP contribution in [-0.2, 0) is 4.74 Å². The van der Waals surface area contributed by atoms with Crippen LogP contribution in [0.25, 0.3) is 11.3 Å². The van der Waals surface area contributed by atoms with Crippen LogP contribution in [0, 0.1) is 10.8 Å². The number of nitrogens with two attached hydrogens (primary N) is 1. The molecule has 2 unspecified atom stereocenters. The summed E-state index contributed by atoms with van der Waals surface area (Å²) in [6.45, 7) is 9.53. The maximum Gasteiger partial charge on any atom is 0.236 e. The van der Waals surface area contributed by atoms with Crippen LogP contribution in [0.5, 0.6) is 5.75 Å². The lowest BCUT2D eigenvalue weighted by molar-refractivity contribution is 0.0866.